The Morgan fingerprint density at radius 2 is 2.04 bits per heavy atom. The van der Waals surface area contributed by atoms with Crippen molar-refractivity contribution in [1.82, 2.24) is 15.2 Å². The predicted octanol–water partition coefficient (Wildman–Crippen LogP) is 2.44. The Labute approximate surface area is 134 Å². The summed E-state index contributed by atoms with van der Waals surface area (Å²) < 4.78 is 18.7. The molecule has 5 nitrogen and oxygen atoms in total. The van der Waals surface area contributed by atoms with E-state index in [0.29, 0.717) is 18.2 Å². The molecule has 0 bridgehead atoms. The molecule has 0 unspecified atom stereocenters. The second-order valence-corrected chi connectivity index (χ2v) is 5.79. The summed E-state index contributed by atoms with van der Waals surface area (Å²) in [5.74, 6) is 1.24. The molecule has 0 saturated carbocycles. The zero-order chi connectivity index (χ0) is 16.2. The average molecular weight is 317 g/mol. The maximum absolute atomic E-state index is 12.9. The van der Waals surface area contributed by atoms with Gasteiger partial charge in [-0.25, -0.2) is 9.37 Å². The molecule has 0 aliphatic carbocycles. The van der Waals surface area contributed by atoms with Crippen LogP contribution in [-0.4, -0.2) is 35.9 Å². The number of hydrogen-bond acceptors (Lipinski definition) is 4. The molecule has 6 heteroatoms. The van der Waals surface area contributed by atoms with E-state index in [1.165, 1.54) is 12.1 Å². The van der Waals surface area contributed by atoms with Crippen molar-refractivity contribution in [2.24, 2.45) is 5.92 Å². The molecule has 0 atom stereocenters. The van der Waals surface area contributed by atoms with Crippen LogP contribution < -0.4 is 5.32 Å². The normalized spacial score (nSPS) is 16.4. The number of halogens is 1. The summed E-state index contributed by atoms with van der Waals surface area (Å²) in [6.07, 6.45) is 3.37. The van der Waals surface area contributed by atoms with E-state index >= 15 is 0 Å². The first-order valence-corrected chi connectivity index (χ1v) is 7.80. The highest BCUT2D eigenvalue weighted by Crippen LogP contribution is 2.23. The summed E-state index contributed by atoms with van der Waals surface area (Å²) >= 11 is 0. The van der Waals surface area contributed by atoms with Gasteiger partial charge in [0.25, 0.3) is 0 Å². The Hall–Kier alpha value is -2.21. The summed E-state index contributed by atoms with van der Waals surface area (Å²) in [6, 6.07) is 6.16. The number of nitrogens with one attached hydrogen (secondary N) is 1. The molecule has 2 aromatic rings. The molecule has 0 radical (unpaired) electrons. The second kappa shape index (κ2) is 6.91. The van der Waals surface area contributed by atoms with E-state index in [1.807, 2.05) is 0 Å². The molecule has 23 heavy (non-hydrogen) atoms. The molecule has 1 aromatic heterocycles. The largest absolute Gasteiger partial charge is 0.439 e. The van der Waals surface area contributed by atoms with Gasteiger partial charge in [-0.3, -0.25) is 9.69 Å². The first kappa shape index (κ1) is 15.7. The fourth-order valence-corrected chi connectivity index (χ4v) is 2.88. The van der Waals surface area contributed by atoms with Crippen molar-refractivity contribution < 1.29 is 13.6 Å². The van der Waals surface area contributed by atoms with Crippen molar-refractivity contribution >= 4 is 5.91 Å². The number of carbonyl (C=O) groups excluding carboxylic acids is 1. The molecule has 3 rings (SSSR count). The second-order valence-electron chi connectivity index (χ2n) is 5.79. The number of likely N-dealkylation sites (tertiary alicyclic amines) is 1. The lowest BCUT2D eigenvalue weighted by atomic mass is 9.96. The van der Waals surface area contributed by atoms with Gasteiger partial charge in [-0.15, -0.1) is 0 Å². The van der Waals surface area contributed by atoms with Gasteiger partial charge in [0.1, 0.15) is 5.82 Å². The van der Waals surface area contributed by atoms with Crippen molar-refractivity contribution in [2.75, 3.05) is 20.1 Å². The van der Waals surface area contributed by atoms with Crippen LogP contribution in [0.2, 0.25) is 0 Å². The molecule has 1 saturated heterocycles. The molecule has 0 spiro atoms. The molecule has 122 valence electrons. The Balaban J connectivity index is 1.58. The first-order chi connectivity index (χ1) is 11.2. The first-order valence-electron chi connectivity index (χ1n) is 7.80. The maximum atomic E-state index is 12.9. The van der Waals surface area contributed by atoms with Gasteiger partial charge in [-0.05, 0) is 50.2 Å². The number of carbonyl (C=O) groups is 1. The zero-order valence-electron chi connectivity index (χ0n) is 13.1. The lowest BCUT2D eigenvalue weighted by Crippen LogP contribution is -2.39. The van der Waals surface area contributed by atoms with Crippen LogP contribution in [0.1, 0.15) is 18.7 Å². The predicted molar refractivity (Wildman–Crippen MR) is 84.0 cm³/mol. The highest BCUT2D eigenvalue weighted by Gasteiger charge is 2.24. The number of aromatic nitrogens is 1. The van der Waals surface area contributed by atoms with E-state index in [9.17, 15) is 9.18 Å². The summed E-state index contributed by atoms with van der Waals surface area (Å²) in [5.41, 5.74) is 0.809. The Bertz CT molecular complexity index is 661. The number of amides is 1. The minimum Gasteiger partial charge on any atom is -0.439 e. The van der Waals surface area contributed by atoms with Gasteiger partial charge in [0.15, 0.2) is 5.76 Å². The maximum Gasteiger partial charge on any atom is 0.222 e. The van der Waals surface area contributed by atoms with Gasteiger partial charge in [0.2, 0.25) is 11.8 Å². The molecule has 1 aliphatic heterocycles. The summed E-state index contributed by atoms with van der Waals surface area (Å²) in [7, 11) is 1.68. The van der Waals surface area contributed by atoms with E-state index < -0.39 is 0 Å². The third-order valence-corrected chi connectivity index (χ3v) is 4.25. The van der Waals surface area contributed by atoms with Crippen LogP contribution >= 0.6 is 0 Å². The topological polar surface area (TPSA) is 58.4 Å². The van der Waals surface area contributed by atoms with E-state index in [-0.39, 0.29) is 17.6 Å². The molecule has 1 amide bonds. The quantitative estimate of drug-likeness (QED) is 0.941. The Kier molecular flexibility index (Phi) is 4.71. The van der Waals surface area contributed by atoms with Crippen molar-refractivity contribution in [1.29, 1.82) is 0 Å². The summed E-state index contributed by atoms with van der Waals surface area (Å²) in [4.78, 5) is 18.2. The molecule has 1 fully saturated rings. The number of piperidine rings is 1. The van der Waals surface area contributed by atoms with Gasteiger partial charge in [0, 0.05) is 18.5 Å². The van der Waals surface area contributed by atoms with Crippen molar-refractivity contribution in [3.8, 4) is 11.3 Å². The Morgan fingerprint density at radius 3 is 2.70 bits per heavy atom. The molecular formula is C17H20FN3O2. The summed E-state index contributed by atoms with van der Waals surface area (Å²) in [5, 5.41) is 2.71. The van der Waals surface area contributed by atoms with Gasteiger partial charge in [-0.1, -0.05) is 0 Å². The van der Waals surface area contributed by atoms with Gasteiger partial charge in [0.05, 0.1) is 12.7 Å². The zero-order valence-corrected chi connectivity index (χ0v) is 13.1. The lowest BCUT2D eigenvalue weighted by Gasteiger charge is -2.29. The molecular weight excluding hydrogens is 297 g/mol. The van der Waals surface area contributed by atoms with Crippen LogP contribution in [-0.2, 0) is 11.3 Å². The van der Waals surface area contributed by atoms with Crippen molar-refractivity contribution in [3.05, 3.63) is 42.2 Å². The Morgan fingerprint density at radius 1 is 1.35 bits per heavy atom. The van der Waals surface area contributed by atoms with E-state index in [4.69, 9.17) is 4.42 Å². The van der Waals surface area contributed by atoms with Crippen LogP contribution in [0.25, 0.3) is 11.3 Å². The highest BCUT2D eigenvalue weighted by molar-refractivity contribution is 5.78. The van der Waals surface area contributed by atoms with Crippen LogP contribution in [0.4, 0.5) is 4.39 Å². The van der Waals surface area contributed by atoms with Crippen LogP contribution in [0, 0.1) is 11.7 Å². The van der Waals surface area contributed by atoms with Crippen molar-refractivity contribution in [2.45, 2.75) is 19.4 Å². The fraction of sp³-hybridized carbons (Fsp3) is 0.412. The lowest BCUT2D eigenvalue weighted by molar-refractivity contribution is -0.125. The molecule has 2 heterocycles. The van der Waals surface area contributed by atoms with E-state index in [1.54, 1.807) is 25.4 Å². The highest BCUT2D eigenvalue weighted by atomic mass is 19.1. The number of oxazole rings is 1. The fourth-order valence-electron chi connectivity index (χ4n) is 2.88. The van der Waals surface area contributed by atoms with Crippen LogP contribution in [0.5, 0.6) is 0 Å². The SMILES string of the molecule is CNC(=O)C1CCN(Cc2ncc(-c3ccc(F)cc3)o2)CC1. The van der Waals surface area contributed by atoms with E-state index in [2.05, 4.69) is 15.2 Å². The van der Waals surface area contributed by atoms with Crippen LogP contribution in [0.15, 0.2) is 34.9 Å². The standard InChI is InChI=1S/C17H20FN3O2/c1-19-17(22)13-6-8-21(9-7-13)11-16-20-10-15(23-16)12-2-4-14(18)5-3-12/h2-5,10,13H,6-9,11H2,1H3,(H,19,22). The van der Waals surface area contributed by atoms with Crippen molar-refractivity contribution in [3.63, 3.8) is 0 Å². The monoisotopic (exact) mass is 317 g/mol. The molecule has 1 N–H and O–H groups in total. The number of rotatable bonds is 4. The third kappa shape index (κ3) is 3.76. The van der Waals surface area contributed by atoms with Gasteiger partial charge >= 0.3 is 0 Å². The minimum atomic E-state index is -0.271. The van der Waals surface area contributed by atoms with Crippen LogP contribution in [0.3, 0.4) is 0 Å². The van der Waals surface area contributed by atoms with Gasteiger partial charge < -0.3 is 9.73 Å². The minimum absolute atomic E-state index is 0.107. The van der Waals surface area contributed by atoms with Gasteiger partial charge in [-0.2, -0.15) is 0 Å². The average Bonchev–Trinajstić information content (AvgIpc) is 3.04. The number of nitrogens with zero attached hydrogens (tertiary/aromatic N) is 2. The molecule has 1 aliphatic rings. The summed E-state index contributed by atoms with van der Waals surface area (Å²) in [6.45, 7) is 2.33. The number of benzene rings is 1. The molecule has 1 aromatic carbocycles. The van der Waals surface area contributed by atoms with E-state index in [0.717, 1.165) is 31.5 Å². The third-order valence-electron chi connectivity index (χ3n) is 4.25. The number of hydrogen-bond donors (Lipinski definition) is 1. The smallest absolute Gasteiger partial charge is 0.222 e.